The first kappa shape index (κ1) is 16.7. The normalized spacial score (nSPS) is 11.1. The Hall–Kier alpha value is -2.67. The lowest BCUT2D eigenvalue weighted by molar-refractivity contribution is -0.257. The van der Waals surface area contributed by atoms with Crippen molar-refractivity contribution in [1.29, 1.82) is 0 Å². The van der Waals surface area contributed by atoms with E-state index in [1.165, 1.54) is 6.07 Å². The van der Waals surface area contributed by atoms with Crippen molar-refractivity contribution in [3.8, 4) is 11.3 Å². The van der Waals surface area contributed by atoms with Crippen LogP contribution in [0.25, 0.3) is 11.3 Å². The van der Waals surface area contributed by atoms with Gasteiger partial charge in [0.05, 0.1) is 5.71 Å². The quantitative estimate of drug-likeness (QED) is 0.491. The fourth-order valence-corrected chi connectivity index (χ4v) is 2.07. The van der Waals surface area contributed by atoms with E-state index >= 15 is 0 Å². The zero-order chi connectivity index (χ0) is 16.8. The average molecular weight is 330 g/mol. The Kier molecular flexibility index (Phi) is 5.48. The van der Waals surface area contributed by atoms with Crippen LogP contribution in [-0.4, -0.2) is 23.3 Å². The van der Waals surface area contributed by atoms with Gasteiger partial charge in [-0.3, -0.25) is 5.43 Å². The van der Waals surface area contributed by atoms with Gasteiger partial charge in [0.25, 0.3) is 0 Å². The third-order valence-electron chi connectivity index (χ3n) is 3.06. The van der Waals surface area contributed by atoms with Gasteiger partial charge >= 0.3 is 0 Å². The van der Waals surface area contributed by atoms with Crippen LogP contribution >= 0.6 is 12.2 Å². The predicted molar refractivity (Wildman–Crippen MR) is 90.1 cm³/mol. The van der Waals surface area contributed by atoms with Crippen molar-refractivity contribution in [3.63, 3.8) is 0 Å². The fraction of sp³-hybridized carbons (Fsp3) is 0.188. The summed E-state index contributed by atoms with van der Waals surface area (Å²) in [6, 6.07) is 10.4. The molecular formula is C16H16N3O3S-. The highest BCUT2D eigenvalue weighted by molar-refractivity contribution is 7.80. The fourth-order valence-electron chi connectivity index (χ4n) is 1.88. The zero-order valence-corrected chi connectivity index (χ0v) is 13.6. The number of carboxylic acids is 1. The summed E-state index contributed by atoms with van der Waals surface area (Å²) in [4.78, 5) is 10.7. The molecule has 2 aromatic rings. The topological polar surface area (TPSA) is 89.7 Å². The maximum absolute atomic E-state index is 10.7. The van der Waals surface area contributed by atoms with Gasteiger partial charge in [0.15, 0.2) is 5.11 Å². The van der Waals surface area contributed by atoms with Crippen molar-refractivity contribution in [2.24, 2.45) is 5.10 Å². The number of hydrogen-bond donors (Lipinski definition) is 2. The SMILES string of the molecule is CCNC(=S)N/N=C(/C)c1ccc(-c2ccc(C(=O)[O-])o2)cc1. The number of carbonyl (C=O) groups is 1. The second-order valence-electron chi connectivity index (χ2n) is 4.70. The van der Waals surface area contributed by atoms with E-state index in [0.717, 1.165) is 23.4 Å². The van der Waals surface area contributed by atoms with Gasteiger partial charge in [0, 0.05) is 12.1 Å². The molecule has 7 heteroatoms. The lowest BCUT2D eigenvalue weighted by atomic mass is 10.1. The van der Waals surface area contributed by atoms with Gasteiger partial charge in [-0.05, 0) is 43.8 Å². The maximum atomic E-state index is 10.7. The molecule has 6 nitrogen and oxygen atoms in total. The second-order valence-corrected chi connectivity index (χ2v) is 5.11. The molecule has 0 saturated carbocycles. The van der Waals surface area contributed by atoms with Crippen molar-refractivity contribution < 1.29 is 14.3 Å². The van der Waals surface area contributed by atoms with Crippen LogP contribution in [0.2, 0.25) is 0 Å². The number of benzene rings is 1. The molecule has 2 rings (SSSR count). The molecule has 1 aromatic carbocycles. The third kappa shape index (κ3) is 4.40. The molecule has 23 heavy (non-hydrogen) atoms. The molecule has 0 aliphatic rings. The van der Waals surface area contributed by atoms with Crippen LogP contribution in [0, 0.1) is 0 Å². The maximum Gasteiger partial charge on any atom is 0.186 e. The van der Waals surface area contributed by atoms with E-state index in [4.69, 9.17) is 16.6 Å². The summed E-state index contributed by atoms with van der Waals surface area (Å²) in [5, 5.41) is 18.3. The summed E-state index contributed by atoms with van der Waals surface area (Å²) in [6.45, 7) is 4.54. The van der Waals surface area contributed by atoms with E-state index in [1.54, 1.807) is 6.07 Å². The van der Waals surface area contributed by atoms with Crippen LogP contribution in [0.1, 0.15) is 30.0 Å². The van der Waals surface area contributed by atoms with E-state index in [0.29, 0.717) is 10.9 Å². The molecule has 1 aromatic heterocycles. The number of thiocarbonyl (C=S) groups is 1. The van der Waals surface area contributed by atoms with Gasteiger partial charge in [-0.2, -0.15) is 5.10 Å². The lowest BCUT2D eigenvalue weighted by Gasteiger charge is -2.06. The Balaban J connectivity index is 2.10. The summed E-state index contributed by atoms with van der Waals surface area (Å²) in [6.07, 6.45) is 0. The molecule has 2 N–H and O–H groups in total. The van der Waals surface area contributed by atoms with Crippen molar-refractivity contribution in [3.05, 3.63) is 47.7 Å². The molecule has 0 amide bonds. The number of rotatable bonds is 5. The van der Waals surface area contributed by atoms with E-state index in [-0.39, 0.29) is 5.76 Å². The Labute approximate surface area is 139 Å². The van der Waals surface area contributed by atoms with Gasteiger partial charge in [-0.25, -0.2) is 0 Å². The molecule has 0 saturated heterocycles. The predicted octanol–water partition coefficient (Wildman–Crippen LogP) is 1.52. The van der Waals surface area contributed by atoms with Crippen molar-refractivity contribution >= 4 is 29.0 Å². The van der Waals surface area contributed by atoms with Crippen LogP contribution in [0.5, 0.6) is 0 Å². The Morgan fingerprint density at radius 1 is 1.26 bits per heavy atom. The molecular weight excluding hydrogens is 314 g/mol. The van der Waals surface area contributed by atoms with Gasteiger partial charge < -0.3 is 19.6 Å². The molecule has 0 spiro atoms. The number of hydrogen-bond acceptors (Lipinski definition) is 5. The molecule has 0 fully saturated rings. The first-order valence-electron chi connectivity index (χ1n) is 7.01. The summed E-state index contributed by atoms with van der Waals surface area (Å²) in [7, 11) is 0. The minimum atomic E-state index is -1.33. The van der Waals surface area contributed by atoms with Crippen LogP contribution in [0.15, 0.2) is 45.9 Å². The van der Waals surface area contributed by atoms with Crippen LogP contribution in [-0.2, 0) is 0 Å². The standard InChI is InChI=1S/C16H17N3O3S/c1-3-17-16(23)19-18-10(2)11-4-6-12(7-5-11)13-8-9-14(22-13)15(20)21/h4-9H,3H2,1-2H3,(H,20,21)(H2,17,19,23)/p-1/b18-10-. The molecule has 120 valence electrons. The van der Waals surface area contributed by atoms with Crippen molar-refractivity contribution in [2.75, 3.05) is 6.54 Å². The Morgan fingerprint density at radius 3 is 2.52 bits per heavy atom. The Bertz CT molecular complexity index is 735. The zero-order valence-electron chi connectivity index (χ0n) is 12.8. The summed E-state index contributed by atoms with van der Waals surface area (Å²) in [5.74, 6) is -1.06. The number of nitrogens with zero attached hydrogens (tertiary/aromatic N) is 1. The van der Waals surface area contributed by atoms with Gasteiger partial charge in [0.1, 0.15) is 17.5 Å². The monoisotopic (exact) mass is 330 g/mol. The molecule has 0 unspecified atom stereocenters. The number of furan rings is 1. The smallest absolute Gasteiger partial charge is 0.186 e. The molecule has 0 aliphatic heterocycles. The second kappa shape index (κ2) is 7.55. The minimum Gasteiger partial charge on any atom is -0.542 e. The Morgan fingerprint density at radius 2 is 1.96 bits per heavy atom. The molecule has 0 aliphatic carbocycles. The first-order chi connectivity index (χ1) is 11.0. The summed E-state index contributed by atoms with van der Waals surface area (Å²) >= 11 is 5.03. The summed E-state index contributed by atoms with van der Waals surface area (Å²) < 4.78 is 5.21. The van der Waals surface area contributed by atoms with Crippen LogP contribution < -0.4 is 15.8 Å². The van der Waals surface area contributed by atoms with Gasteiger partial charge in [-0.15, -0.1) is 0 Å². The minimum absolute atomic E-state index is 0.192. The highest BCUT2D eigenvalue weighted by Crippen LogP contribution is 2.22. The summed E-state index contributed by atoms with van der Waals surface area (Å²) in [5.41, 5.74) is 5.21. The average Bonchev–Trinajstić information content (AvgIpc) is 3.03. The first-order valence-corrected chi connectivity index (χ1v) is 7.42. The van der Waals surface area contributed by atoms with Crippen molar-refractivity contribution in [1.82, 2.24) is 10.7 Å². The number of hydrazone groups is 1. The highest BCUT2D eigenvalue weighted by Gasteiger charge is 2.06. The molecule has 0 radical (unpaired) electrons. The largest absolute Gasteiger partial charge is 0.542 e. The highest BCUT2D eigenvalue weighted by atomic mass is 32.1. The number of nitrogens with one attached hydrogen (secondary N) is 2. The van der Waals surface area contributed by atoms with E-state index < -0.39 is 5.97 Å². The molecule has 0 bridgehead atoms. The lowest BCUT2D eigenvalue weighted by Crippen LogP contribution is -2.32. The number of carboxylic acid groups (broad SMARTS) is 1. The molecule has 0 atom stereocenters. The van der Waals surface area contributed by atoms with E-state index in [1.807, 2.05) is 38.1 Å². The van der Waals surface area contributed by atoms with E-state index in [2.05, 4.69) is 15.8 Å². The van der Waals surface area contributed by atoms with Crippen LogP contribution in [0.4, 0.5) is 0 Å². The number of aromatic carboxylic acids is 1. The third-order valence-corrected chi connectivity index (χ3v) is 3.29. The van der Waals surface area contributed by atoms with Crippen molar-refractivity contribution in [2.45, 2.75) is 13.8 Å². The van der Waals surface area contributed by atoms with Gasteiger partial charge in [-0.1, -0.05) is 24.3 Å². The molecule has 1 heterocycles. The van der Waals surface area contributed by atoms with E-state index in [9.17, 15) is 9.90 Å². The number of carbonyl (C=O) groups excluding carboxylic acids is 1. The van der Waals surface area contributed by atoms with Crippen LogP contribution in [0.3, 0.4) is 0 Å². The van der Waals surface area contributed by atoms with Gasteiger partial charge in [0.2, 0.25) is 0 Å².